The highest BCUT2D eigenvalue weighted by atomic mass is 16.6. The number of carbonyl (C=O) groups excluding carboxylic acids is 1. The minimum atomic E-state index is -0.481. The zero-order valence-corrected chi connectivity index (χ0v) is 11.4. The van der Waals surface area contributed by atoms with Crippen LogP contribution in [-0.4, -0.2) is 65.1 Å². The van der Waals surface area contributed by atoms with E-state index < -0.39 is 4.92 Å². The van der Waals surface area contributed by atoms with Crippen LogP contribution in [0, 0.1) is 10.1 Å². The molecule has 3 rings (SSSR count). The molecule has 2 aliphatic heterocycles. The third kappa shape index (κ3) is 2.18. The van der Waals surface area contributed by atoms with Crippen LogP contribution >= 0.6 is 0 Å². The predicted octanol–water partition coefficient (Wildman–Crippen LogP) is -0.360. The number of nitro groups is 1. The first-order valence-corrected chi connectivity index (χ1v) is 6.58. The molecule has 2 amide bonds. The summed E-state index contributed by atoms with van der Waals surface area (Å²) in [7, 11) is 1.58. The fourth-order valence-electron chi connectivity index (χ4n) is 2.75. The lowest BCUT2D eigenvalue weighted by Gasteiger charge is -2.36. The molecule has 0 radical (unpaired) electrons. The fraction of sp³-hybridized carbons (Fsp3) is 0.545. The van der Waals surface area contributed by atoms with Crippen LogP contribution in [0.15, 0.2) is 6.33 Å². The van der Waals surface area contributed by atoms with Gasteiger partial charge in [-0.15, -0.1) is 0 Å². The van der Waals surface area contributed by atoms with Gasteiger partial charge in [-0.05, 0) is 0 Å². The van der Waals surface area contributed by atoms with Crippen LogP contribution in [0.2, 0.25) is 0 Å². The van der Waals surface area contributed by atoms with E-state index in [4.69, 9.17) is 0 Å². The van der Waals surface area contributed by atoms with Gasteiger partial charge in [-0.25, -0.2) is 14.8 Å². The van der Waals surface area contributed by atoms with E-state index in [1.54, 1.807) is 11.9 Å². The van der Waals surface area contributed by atoms with Gasteiger partial charge in [-0.2, -0.15) is 0 Å². The summed E-state index contributed by atoms with van der Waals surface area (Å²) >= 11 is 0. The van der Waals surface area contributed by atoms with E-state index >= 15 is 0 Å². The van der Waals surface area contributed by atoms with E-state index in [1.165, 1.54) is 6.33 Å². The average Bonchev–Trinajstić information content (AvgIpc) is 2.87. The Kier molecular flexibility index (Phi) is 3.20. The Morgan fingerprint density at radius 2 is 2.29 bits per heavy atom. The molecule has 1 atom stereocenters. The molecule has 0 spiro atoms. The molecule has 2 N–H and O–H groups in total. The normalized spacial score (nSPS) is 21.0. The molecule has 3 heterocycles. The first-order chi connectivity index (χ1) is 10.1. The number of hydrogen-bond acceptors (Lipinski definition) is 7. The number of amides is 2. The number of hydrogen-bond donors (Lipinski definition) is 2. The number of piperazine rings is 1. The molecule has 2 saturated heterocycles. The Labute approximate surface area is 120 Å². The van der Waals surface area contributed by atoms with Crippen molar-refractivity contribution in [3.8, 4) is 0 Å². The molecule has 112 valence electrons. The SMILES string of the molecule is CNc1ncnc(N2CCN3C(=O)NCC3C2)c1[N+](=O)[O-]. The third-order valence-electron chi connectivity index (χ3n) is 3.75. The average molecular weight is 293 g/mol. The van der Waals surface area contributed by atoms with Gasteiger partial charge in [-0.1, -0.05) is 0 Å². The second-order valence-corrected chi connectivity index (χ2v) is 4.88. The third-order valence-corrected chi connectivity index (χ3v) is 3.75. The predicted molar refractivity (Wildman–Crippen MR) is 74.3 cm³/mol. The van der Waals surface area contributed by atoms with Gasteiger partial charge in [0.2, 0.25) is 11.6 Å². The summed E-state index contributed by atoms with van der Waals surface area (Å²) in [5.41, 5.74) is -0.134. The standard InChI is InChI=1S/C11H15N7O3/c1-12-9-8(18(20)21)10(15-6-14-9)16-2-3-17-7(5-16)4-13-11(17)19/h6-7H,2-5H2,1H3,(H,13,19)(H,12,14,15). The van der Waals surface area contributed by atoms with Gasteiger partial charge in [0.1, 0.15) is 6.33 Å². The Morgan fingerprint density at radius 1 is 1.48 bits per heavy atom. The molecular weight excluding hydrogens is 278 g/mol. The molecule has 2 fully saturated rings. The summed E-state index contributed by atoms with van der Waals surface area (Å²) in [5, 5.41) is 16.8. The number of nitrogens with one attached hydrogen (secondary N) is 2. The molecule has 1 aromatic heterocycles. The molecule has 0 aromatic carbocycles. The van der Waals surface area contributed by atoms with E-state index in [-0.39, 0.29) is 23.6 Å². The largest absolute Gasteiger partial charge is 0.367 e. The first-order valence-electron chi connectivity index (χ1n) is 6.58. The van der Waals surface area contributed by atoms with Gasteiger partial charge < -0.3 is 20.4 Å². The van der Waals surface area contributed by atoms with Crippen LogP contribution < -0.4 is 15.5 Å². The van der Waals surface area contributed by atoms with Crippen molar-refractivity contribution in [1.82, 2.24) is 20.2 Å². The van der Waals surface area contributed by atoms with Gasteiger partial charge in [0.15, 0.2) is 0 Å². The molecule has 10 heteroatoms. The van der Waals surface area contributed by atoms with Crippen molar-refractivity contribution >= 4 is 23.4 Å². The van der Waals surface area contributed by atoms with E-state index in [1.807, 2.05) is 4.90 Å². The van der Waals surface area contributed by atoms with E-state index in [9.17, 15) is 14.9 Å². The zero-order chi connectivity index (χ0) is 15.0. The Morgan fingerprint density at radius 3 is 3.00 bits per heavy atom. The van der Waals surface area contributed by atoms with Crippen molar-refractivity contribution in [3.63, 3.8) is 0 Å². The minimum Gasteiger partial charge on any atom is -0.367 e. The van der Waals surface area contributed by atoms with Gasteiger partial charge in [0.05, 0.1) is 11.0 Å². The maximum absolute atomic E-state index is 11.6. The zero-order valence-electron chi connectivity index (χ0n) is 11.4. The summed E-state index contributed by atoms with van der Waals surface area (Å²) in [5.74, 6) is 0.478. The van der Waals surface area contributed by atoms with Crippen molar-refractivity contribution in [2.75, 3.05) is 43.4 Å². The molecule has 21 heavy (non-hydrogen) atoms. The van der Waals surface area contributed by atoms with E-state index in [2.05, 4.69) is 20.6 Å². The second kappa shape index (κ2) is 5.04. The molecule has 0 saturated carbocycles. The van der Waals surface area contributed by atoms with Gasteiger partial charge in [-0.3, -0.25) is 10.1 Å². The highest BCUT2D eigenvalue weighted by molar-refractivity contribution is 5.78. The number of aromatic nitrogens is 2. The van der Waals surface area contributed by atoms with Crippen LogP contribution in [-0.2, 0) is 0 Å². The molecule has 1 aromatic rings. The fourth-order valence-corrected chi connectivity index (χ4v) is 2.75. The number of rotatable bonds is 3. The number of anilines is 2. The lowest BCUT2D eigenvalue weighted by atomic mass is 10.2. The lowest BCUT2D eigenvalue weighted by Crippen LogP contribution is -2.52. The molecule has 10 nitrogen and oxygen atoms in total. The van der Waals surface area contributed by atoms with Crippen molar-refractivity contribution in [2.24, 2.45) is 0 Å². The van der Waals surface area contributed by atoms with Crippen molar-refractivity contribution in [3.05, 3.63) is 16.4 Å². The first kappa shape index (κ1) is 13.3. The maximum atomic E-state index is 11.6. The molecule has 1 unspecified atom stereocenters. The van der Waals surface area contributed by atoms with Gasteiger partial charge in [0, 0.05) is 33.2 Å². The second-order valence-electron chi connectivity index (χ2n) is 4.88. The van der Waals surface area contributed by atoms with Crippen LogP contribution in [0.5, 0.6) is 0 Å². The van der Waals surface area contributed by atoms with E-state index in [0.29, 0.717) is 32.0 Å². The van der Waals surface area contributed by atoms with Gasteiger partial charge >= 0.3 is 11.7 Å². The molecule has 0 aliphatic carbocycles. The molecule has 0 bridgehead atoms. The van der Waals surface area contributed by atoms with Crippen LogP contribution in [0.1, 0.15) is 0 Å². The van der Waals surface area contributed by atoms with Crippen LogP contribution in [0.4, 0.5) is 22.1 Å². The number of urea groups is 1. The smallest absolute Gasteiger partial charge is 0.353 e. The Balaban J connectivity index is 1.91. The van der Waals surface area contributed by atoms with Crippen molar-refractivity contribution < 1.29 is 9.72 Å². The summed E-state index contributed by atoms with van der Waals surface area (Å²) in [6, 6.07) is -0.0633. The summed E-state index contributed by atoms with van der Waals surface area (Å²) in [6.45, 7) is 2.09. The quantitative estimate of drug-likeness (QED) is 0.577. The summed E-state index contributed by atoms with van der Waals surface area (Å²) in [6.07, 6.45) is 1.30. The van der Waals surface area contributed by atoms with Crippen LogP contribution in [0.3, 0.4) is 0 Å². The van der Waals surface area contributed by atoms with Crippen molar-refractivity contribution in [1.29, 1.82) is 0 Å². The number of nitrogens with zero attached hydrogens (tertiary/aromatic N) is 5. The summed E-state index contributed by atoms with van der Waals surface area (Å²) < 4.78 is 0. The highest BCUT2D eigenvalue weighted by Gasteiger charge is 2.38. The Hall–Kier alpha value is -2.65. The highest BCUT2D eigenvalue weighted by Crippen LogP contribution is 2.32. The lowest BCUT2D eigenvalue weighted by molar-refractivity contribution is -0.383. The van der Waals surface area contributed by atoms with Gasteiger partial charge in [0.25, 0.3) is 0 Å². The summed E-state index contributed by atoms with van der Waals surface area (Å²) in [4.78, 5) is 34.0. The monoisotopic (exact) mass is 293 g/mol. The number of carbonyl (C=O) groups is 1. The molecule has 2 aliphatic rings. The molecular formula is C11H15N7O3. The Bertz CT molecular complexity index is 593. The van der Waals surface area contributed by atoms with Crippen molar-refractivity contribution in [2.45, 2.75) is 6.04 Å². The number of fused-ring (bicyclic) bond motifs is 1. The minimum absolute atomic E-state index is 0.0128. The maximum Gasteiger partial charge on any atom is 0.353 e. The van der Waals surface area contributed by atoms with Crippen LogP contribution in [0.25, 0.3) is 0 Å². The topological polar surface area (TPSA) is 117 Å². The van der Waals surface area contributed by atoms with E-state index in [0.717, 1.165) is 0 Å².